The molecule has 0 aromatic carbocycles. The Kier molecular flexibility index (Phi) is 10.4. The van der Waals surface area contributed by atoms with Crippen molar-refractivity contribution in [3.8, 4) is 0 Å². The van der Waals surface area contributed by atoms with Crippen molar-refractivity contribution in [3.05, 3.63) is 24.4 Å². The van der Waals surface area contributed by atoms with Crippen LogP contribution in [-0.4, -0.2) is 40.4 Å². The molecule has 6 aliphatic carbocycles. The molecule has 7 rings (SSSR count). The van der Waals surface area contributed by atoms with Crippen LogP contribution in [0, 0.1) is 22.2 Å². The molecule has 6 fully saturated rings. The Balaban J connectivity index is 0.000000192. The molecule has 0 amide bonds. The van der Waals surface area contributed by atoms with Crippen LogP contribution in [0.1, 0.15) is 77.0 Å². The van der Waals surface area contributed by atoms with E-state index in [1.165, 1.54) is 13.3 Å². The van der Waals surface area contributed by atoms with Gasteiger partial charge in [0.15, 0.2) is 0 Å². The molecule has 6 saturated carbocycles. The van der Waals surface area contributed by atoms with Crippen LogP contribution in [-0.2, 0) is 31.7 Å². The van der Waals surface area contributed by atoms with Crippen molar-refractivity contribution in [2.24, 2.45) is 22.2 Å². The average molecular weight is 517 g/mol. The predicted octanol–water partition coefficient (Wildman–Crippen LogP) is 0.747. The molecule has 0 saturated heterocycles. The van der Waals surface area contributed by atoms with Gasteiger partial charge in [0, 0.05) is 6.07 Å². The van der Waals surface area contributed by atoms with Crippen LogP contribution < -0.4 is 34.3 Å². The van der Waals surface area contributed by atoms with E-state index in [1.54, 1.807) is 18.2 Å². The van der Waals surface area contributed by atoms with Gasteiger partial charge in [-0.05, 0) is 93.8 Å². The maximum atomic E-state index is 11.6. The monoisotopic (exact) mass is 516 g/mol. The molecular weight excluding hydrogens is 481 g/mol. The fraction of sp³-hybridized carbons (Fsp3) is 0.680. The molecule has 1 aromatic heterocycles. The van der Waals surface area contributed by atoms with E-state index in [9.17, 15) is 19.5 Å². The molecular formula is C25H35NNaO7S+. The van der Waals surface area contributed by atoms with Crippen molar-refractivity contribution in [2.75, 3.05) is 7.11 Å². The first kappa shape index (κ1) is 29.8. The van der Waals surface area contributed by atoms with Crippen LogP contribution in [0.4, 0.5) is 0 Å². The van der Waals surface area contributed by atoms with E-state index < -0.39 is 17.4 Å². The summed E-state index contributed by atoms with van der Waals surface area (Å²) < 4.78 is 5.71. The minimum absolute atomic E-state index is 0. The van der Waals surface area contributed by atoms with E-state index in [1.807, 2.05) is 0 Å². The van der Waals surface area contributed by atoms with Gasteiger partial charge in [0.05, 0.1) is 23.4 Å². The van der Waals surface area contributed by atoms with Gasteiger partial charge >= 0.3 is 47.5 Å². The van der Waals surface area contributed by atoms with Gasteiger partial charge in [-0.15, -0.1) is 0 Å². The SMILES string of the molecule is COC(=O)C12CCC(C(=O)O)(CC1)CC2.O=C(O)C12CCC(CC1)CC2.O[n+]1ccccc1[S-].[Na+]. The number of aromatic nitrogens is 1. The molecule has 10 heteroatoms. The van der Waals surface area contributed by atoms with E-state index in [4.69, 9.17) is 15.1 Å². The summed E-state index contributed by atoms with van der Waals surface area (Å²) in [5.74, 6) is -0.534. The second-order valence-corrected chi connectivity index (χ2v) is 10.7. The summed E-state index contributed by atoms with van der Waals surface area (Å²) in [6.07, 6.45) is 11.7. The number of rotatable bonds is 3. The van der Waals surface area contributed by atoms with Crippen LogP contribution in [0.25, 0.3) is 0 Å². The number of pyridine rings is 1. The van der Waals surface area contributed by atoms with Crippen molar-refractivity contribution < 1.29 is 68.8 Å². The van der Waals surface area contributed by atoms with Crippen molar-refractivity contribution in [1.29, 1.82) is 0 Å². The number of methoxy groups -OCH3 is 1. The fourth-order valence-electron chi connectivity index (χ4n) is 6.02. The number of nitrogens with zero attached hydrogens (tertiary/aromatic N) is 1. The predicted molar refractivity (Wildman–Crippen MR) is 123 cm³/mol. The fourth-order valence-corrected chi connectivity index (χ4v) is 6.16. The first-order chi connectivity index (χ1) is 16.1. The summed E-state index contributed by atoms with van der Waals surface area (Å²) in [5, 5.41) is 27.3. The summed E-state index contributed by atoms with van der Waals surface area (Å²) in [7, 11) is 1.41. The molecule has 188 valence electrons. The number of esters is 1. The van der Waals surface area contributed by atoms with Gasteiger partial charge in [-0.1, -0.05) is 6.07 Å². The normalized spacial score (nSPS) is 32.0. The topological polar surface area (TPSA) is 125 Å². The number of carbonyl (C=O) groups is 3. The van der Waals surface area contributed by atoms with Gasteiger partial charge in [-0.3, -0.25) is 19.6 Å². The quantitative estimate of drug-likeness (QED) is 0.177. The number of carboxylic acid groups (broad SMARTS) is 2. The van der Waals surface area contributed by atoms with Gasteiger partial charge in [-0.2, -0.15) is 0 Å². The second kappa shape index (κ2) is 12.2. The number of carboxylic acids is 2. The Hall–Kier alpha value is -1.42. The van der Waals surface area contributed by atoms with E-state index in [0.29, 0.717) is 43.6 Å². The van der Waals surface area contributed by atoms with Crippen molar-refractivity contribution in [1.82, 2.24) is 0 Å². The number of ether oxygens (including phenoxy) is 1. The molecule has 0 spiro atoms. The number of fused-ring (bicyclic) bond motifs is 6. The zero-order valence-corrected chi connectivity index (χ0v) is 23.5. The number of carbonyl (C=O) groups excluding carboxylic acids is 1. The molecule has 0 radical (unpaired) electrons. The molecule has 0 atom stereocenters. The minimum Gasteiger partial charge on any atom is -0.705 e. The smallest absolute Gasteiger partial charge is 0.705 e. The largest absolute Gasteiger partial charge is 1.00 e. The Morgan fingerprint density at radius 1 is 0.857 bits per heavy atom. The molecule has 0 unspecified atom stereocenters. The van der Waals surface area contributed by atoms with Crippen LogP contribution in [0.15, 0.2) is 29.4 Å². The van der Waals surface area contributed by atoms with Crippen molar-refractivity contribution in [3.63, 3.8) is 0 Å². The maximum Gasteiger partial charge on any atom is 1.00 e. The third-order valence-electron chi connectivity index (χ3n) is 8.67. The van der Waals surface area contributed by atoms with Crippen LogP contribution in [0.3, 0.4) is 0 Å². The zero-order valence-electron chi connectivity index (χ0n) is 20.7. The zero-order chi connectivity index (χ0) is 25.0. The Bertz CT molecular complexity index is 858. The van der Waals surface area contributed by atoms with Crippen LogP contribution >= 0.6 is 0 Å². The van der Waals surface area contributed by atoms with Crippen molar-refractivity contribution in [2.45, 2.75) is 82.1 Å². The van der Waals surface area contributed by atoms with E-state index in [-0.39, 0.29) is 46.4 Å². The molecule has 4 bridgehead atoms. The van der Waals surface area contributed by atoms with Crippen molar-refractivity contribution >= 4 is 30.5 Å². The maximum absolute atomic E-state index is 11.6. The summed E-state index contributed by atoms with van der Waals surface area (Å²) in [5.41, 5.74) is -1.21. The molecule has 0 aliphatic heterocycles. The number of aliphatic carboxylic acids is 2. The first-order valence-electron chi connectivity index (χ1n) is 12.0. The third kappa shape index (κ3) is 6.48. The first-order valence-corrected chi connectivity index (χ1v) is 12.4. The Morgan fingerprint density at radius 3 is 1.60 bits per heavy atom. The van der Waals surface area contributed by atoms with Crippen LogP contribution in [0.5, 0.6) is 0 Å². The number of hydrogen-bond acceptors (Lipinski definition) is 6. The van der Waals surface area contributed by atoms with E-state index >= 15 is 0 Å². The molecule has 1 heterocycles. The second-order valence-electron chi connectivity index (χ2n) is 10.3. The summed E-state index contributed by atoms with van der Waals surface area (Å²) in [6.45, 7) is 0. The molecule has 35 heavy (non-hydrogen) atoms. The summed E-state index contributed by atoms with van der Waals surface area (Å²) in [4.78, 5) is 33.7. The average Bonchev–Trinajstić information content (AvgIpc) is 2.88. The summed E-state index contributed by atoms with van der Waals surface area (Å²) in [6, 6.07) is 5.13. The van der Waals surface area contributed by atoms with Gasteiger partial charge in [0.25, 0.3) is 0 Å². The third-order valence-corrected chi connectivity index (χ3v) is 8.99. The number of hydrogen-bond donors (Lipinski definition) is 3. The standard InChI is InChI=1S/C11H16O4.C9H14O2.C5H5NOS.Na/c1-15-9(14)11-5-2-10(3-6-11,4-7-11)8(12)13;10-8(11)9-4-1-7(2-5-9)3-6-9;7-6-4-2-1-3-5(6)8;/h2-7H2,1H3,(H,12,13);7H,1-6H2,(H,10,11);1-4,7H;/q;;;+1. The molecule has 8 nitrogen and oxygen atoms in total. The Labute approximate surface area is 234 Å². The summed E-state index contributed by atoms with van der Waals surface area (Å²) >= 11 is 4.67. The van der Waals surface area contributed by atoms with E-state index in [2.05, 4.69) is 12.6 Å². The van der Waals surface area contributed by atoms with Gasteiger partial charge < -0.3 is 27.6 Å². The van der Waals surface area contributed by atoms with Gasteiger partial charge in [0.1, 0.15) is 5.03 Å². The Morgan fingerprint density at radius 2 is 1.29 bits per heavy atom. The van der Waals surface area contributed by atoms with Gasteiger partial charge in [0.2, 0.25) is 6.20 Å². The molecule has 3 N–H and O–H groups in total. The van der Waals surface area contributed by atoms with Gasteiger partial charge in [-0.25, -0.2) is 0 Å². The molecule has 1 aromatic rings. The molecule has 6 aliphatic rings. The van der Waals surface area contributed by atoms with E-state index in [0.717, 1.165) is 49.2 Å². The van der Waals surface area contributed by atoms with Crippen LogP contribution in [0.2, 0.25) is 0 Å². The minimum atomic E-state index is -0.694.